The molecular formula is C14H11N4. The third kappa shape index (κ3) is 1.88. The molecule has 4 nitrogen and oxygen atoms in total. The third-order valence-corrected chi connectivity index (χ3v) is 2.77. The first kappa shape index (κ1) is 10.7. The van der Waals surface area contributed by atoms with Crippen LogP contribution in [-0.4, -0.2) is 20.6 Å². The summed E-state index contributed by atoms with van der Waals surface area (Å²) in [5.41, 5.74) is 4.10. The summed E-state index contributed by atoms with van der Waals surface area (Å²) < 4.78 is 0. The predicted molar refractivity (Wildman–Crippen MR) is 69.5 cm³/mol. The third-order valence-electron chi connectivity index (χ3n) is 2.77. The molecule has 0 bridgehead atoms. The van der Waals surface area contributed by atoms with E-state index in [1.54, 1.807) is 0 Å². The summed E-state index contributed by atoms with van der Waals surface area (Å²) in [6.07, 6.45) is 0. The lowest BCUT2D eigenvalue weighted by molar-refractivity contribution is 0.881. The summed E-state index contributed by atoms with van der Waals surface area (Å²) in [4.78, 5) is 0. The molecule has 0 aliphatic carbocycles. The summed E-state index contributed by atoms with van der Waals surface area (Å²) in [6.45, 7) is 3.94. The summed E-state index contributed by atoms with van der Waals surface area (Å²) in [5.74, 6) is 0.652. The highest BCUT2D eigenvalue weighted by atomic mass is 15.5. The van der Waals surface area contributed by atoms with E-state index in [-0.39, 0.29) is 0 Å². The number of H-pyrrole nitrogens is 1. The van der Waals surface area contributed by atoms with E-state index in [1.165, 1.54) is 0 Å². The fourth-order valence-corrected chi connectivity index (χ4v) is 1.93. The van der Waals surface area contributed by atoms with Gasteiger partial charge >= 0.3 is 0 Å². The highest BCUT2D eigenvalue weighted by molar-refractivity contribution is 5.80. The van der Waals surface area contributed by atoms with Gasteiger partial charge in [-0.15, -0.1) is 5.10 Å². The molecule has 3 aromatic rings. The second kappa shape index (κ2) is 4.41. The Labute approximate surface area is 105 Å². The molecule has 87 valence electrons. The van der Waals surface area contributed by atoms with Gasteiger partial charge in [0, 0.05) is 5.56 Å². The smallest absolute Gasteiger partial charge is 0.180 e. The van der Waals surface area contributed by atoms with Gasteiger partial charge in [0.15, 0.2) is 5.82 Å². The Morgan fingerprint density at radius 2 is 1.78 bits per heavy atom. The van der Waals surface area contributed by atoms with E-state index >= 15 is 0 Å². The molecule has 18 heavy (non-hydrogen) atoms. The summed E-state index contributed by atoms with van der Waals surface area (Å²) >= 11 is 0. The predicted octanol–water partition coefficient (Wildman–Crippen LogP) is 2.72. The summed E-state index contributed by atoms with van der Waals surface area (Å²) in [7, 11) is 0. The van der Waals surface area contributed by atoms with E-state index in [1.807, 2.05) is 36.4 Å². The van der Waals surface area contributed by atoms with Crippen LogP contribution in [0.5, 0.6) is 0 Å². The Morgan fingerprint density at radius 1 is 0.944 bits per heavy atom. The van der Waals surface area contributed by atoms with Gasteiger partial charge in [-0.05, 0) is 40.1 Å². The van der Waals surface area contributed by atoms with Gasteiger partial charge in [0.1, 0.15) is 0 Å². The van der Waals surface area contributed by atoms with Gasteiger partial charge < -0.3 is 0 Å². The maximum Gasteiger partial charge on any atom is 0.180 e. The molecule has 2 aromatic carbocycles. The zero-order valence-electron chi connectivity index (χ0n) is 9.67. The van der Waals surface area contributed by atoms with Gasteiger partial charge in [0.05, 0.1) is 0 Å². The monoisotopic (exact) mass is 235 g/mol. The molecule has 0 amide bonds. The molecule has 1 radical (unpaired) electrons. The van der Waals surface area contributed by atoms with Crippen LogP contribution >= 0.6 is 0 Å². The highest BCUT2D eigenvalue weighted by Gasteiger charge is 2.10. The van der Waals surface area contributed by atoms with Gasteiger partial charge in [-0.1, -0.05) is 42.5 Å². The normalized spacial score (nSPS) is 10.5. The molecule has 1 aromatic heterocycles. The molecule has 1 heterocycles. The lowest BCUT2D eigenvalue weighted by atomic mass is 9.97. The molecule has 0 aliphatic heterocycles. The van der Waals surface area contributed by atoms with Crippen molar-refractivity contribution in [3.05, 3.63) is 61.0 Å². The van der Waals surface area contributed by atoms with Crippen LogP contribution in [0.1, 0.15) is 5.56 Å². The van der Waals surface area contributed by atoms with Crippen molar-refractivity contribution in [2.45, 2.75) is 0 Å². The van der Waals surface area contributed by atoms with Crippen LogP contribution in [0.4, 0.5) is 0 Å². The van der Waals surface area contributed by atoms with Gasteiger partial charge in [-0.3, -0.25) is 0 Å². The molecule has 4 heteroatoms. The molecule has 1 N–H and O–H groups in total. The van der Waals surface area contributed by atoms with Crippen molar-refractivity contribution in [1.82, 2.24) is 20.6 Å². The Bertz CT molecular complexity index is 645. The second-order valence-electron chi connectivity index (χ2n) is 4.00. The molecule has 3 rings (SSSR count). The first-order valence-electron chi connectivity index (χ1n) is 5.60. The quantitative estimate of drug-likeness (QED) is 0.743. The summed E-state index contributed by atoms with van der Waals surface area (Å²) in [5, 5.41) is 14.0. The molecule has 0 saturated heterocycles. The maximum atomic E-state index is 3.97. The molecule has 0 saturated carbocycles. The zero-order valence-corrected chi connectivity index (χ0v) is 9.67. The van der Waals surface area contributed by atoms with E-state index in [2.05, 4.69) is 39.7 Å². The number of benzene rings is 2. The summed E-state index contributed by atoms with van der Waals surface area (Å²) in [6, 6.07) is 16.1. The van der Waals surface area contributed by atoms with E-state index in [9.17, 15) is 0 Å². The molecule has 0 atom stereocenters. The molecule has 0 fully saturated rings. The van der Waals surface area contributed by atoms with Crippen molar-refractivity contribution in [2.75, 3.05) is 0 Å². The van der Waals surface area contributed by atoms with Crippen molar-refractivity contribution in [2.24, 2.45) is 0 Å². The highest BCUT2D eigenvalue weighted by Crippen LogP contribution is 2.30. The van der Waals surface area contributed by atoms with Crippen LogP contribution in [0.3, 0.4) is 0 Å². The van der Waals surface area contributed by atoms with E-state index in [0.717, 1.165) is 22.3 Å². The Kier molecular flexibility index (Phi) is 2.61. The maximum absolute atomic E-state index is 3.97. The number of nitrogens with zero attached hydrogens (tertiary/aromatic N) is 3. The number of hydrogen-bond donors (Lipinski definition) is 1. The van der Waals surface area contributed by atoms with Crippen molar-refractivity contribution in [1.29, 1.82) is 0 Å². The van der Waals surface area contributed by atoms with E-state index < -0.39 is 0 Å². The van der Waals surface area contributed by atoms with Gasteiger partial charge in [-0.25, -0.2) is 5.10 Å². The molecular weight excluding hydrogens is 224 g/mol. The minimum absolute atomic E-state index is 0.652. The first-order chi connectivity index (χ1) is 8.84. The fourth-order valence-electron chi connectivity index (χ4n) is 1.93. The van der Waals surface area contributed by atoms with Gasteiger partial charge in [0.25, 0.3) is 0 Å². The van der Waals surface area contributed by atoms with Crippen LogP contribution in [0.15, 0.2) is 48.5 Å². The first-order valence-corrected chi connectivity index (χ1v) is 5.60. The minimum Gasteiger partial charge on any atom is -0.239 e. The van der Waals surface area contributed by atoms with Crippen LogP contribution in [0, 0.1) is 6.92 Å². The fraction of sp³-hybridized carbons (Fsp3) is 0. The lowest BCUT2D eigenvalue weighted by Crippen LogP contribution is -1.88. The number of aromatic nitrogens is 4. The SMILES string of the molecule is [CH2]c1ccc(-c2ccccc2)c(-c2nnn[nH]2)c1. The minimum atomic E-state index is 0.652. The largest absolute Gasteiger partial charge is 0.239 e. The zero-order chi connectivity index (χ0) is 12.4. The Hall–Kier alpha value is -2.49. The van der Waals surface area contributed by atoms with Crippen LogP contribution in [0.25, 0.3) is 22.5 Å². The standard InChI is InChI=1S/C14H11N4/c1-10-7-8-12(11-5-3-2-4-6-11)13(9-10)14-15-17-18-16-14/h2-9H,1H2,(H,15,16,17,18). The van der Waals surface area contributed by atoms with Crippen molar-refractivity contribution in [3.63, 3.8) is 0 Å². The molecule has 0 aliphatic rings. The van der Waals surface area contributed by atoms with Crippen LogP contribution in [0.2, 0.25) is 0 Å². The number of hydrogen-bond acceptors (Lipinski definition) is 3. The molecule has 0 spiro atoms. The molecule has 0 unspecified atom stereocenters. The van der Waals surface area contributed by atoms with Gasteiger partial charge in [0.2, 0.25) is 0 Å². The average molecular weight is 235 g/mol. The number of nitrogens with one attached hydrogen (secondary N) is 1. The van der Waals surface area contributed by atoms with Crippen LogP contribution in [-0.2, 0) is 0 Å². The van der Waals surface area contributed by atoms with Crippen LogP contribution < -0.4 is 0 Å². The Morgan fingerprint density at radius 3 is 2.50 bits per heavy atom. The van der Waals surface area contributed by atoms with Crippen molar-refractivity contribution in [3.8, 4) is 22.5 Å². The average Bonchev–Trinajstić information content (AvgIpc) is 2.93. The number of tetrazole rings is 1. The second-order valence-corrected chi connectivity index (χ2v) is 4.00. The lowest BCUT2D eigenvalue weighted by Gasteiger charge is -2.08. The topological polar surface area (TPSA) is 54.5 Å². The van der Waals surface area contributed by atoms with Crippen molar-refractivity contribution < 1.29 is 0 Å². The van der Waals surface area contributed by atoms with Gasteiger partial charge in [-0.2, -0.15) is 0 Å². The number of aromatic amines is 1. The van der Waals surface area contributed by atoms with E-state index in [0.29, 0.717) is 5.82 Å². The number of rotatable bonds is 2. The van der Waals surface area contributed by atoms with E-state index in [4.69, 9.17) is 0 Å². The Balaban J connectivity index is 2.21. The van der Waals surface area contributed by atoms with Crippen molar-refractivity contribution >= 4 is 0 Å².